The van der Waals surface area contributed by atoms with Gasteiger partial charge in [0.05, 0.1) is 6.10 Å². The summed E-state index contributed by atoms with van der Waals surface area (Å²) in [6, 6.07) is 3.43. The summed E-state index contributed by atoms with van der Waals surface area (Å²) in [5.74, 6) is 0.762. The molecule has 0 amide bonds. The van der Waals surface area contributed by atoms with Gasteiger partial charge in [-0.25, -0.2) is 8.42 Å². The number of aromatic nitrogens is 1. The van der Waals surface area contributed by atoms with Gasteiger partial charge in [-0.05, 0) is 32.6 Å². The van der Waals surface area contributed by atoms with Crippen molar-refractivity contribution in [2.75, 3.05) is 31.6 Å². The highest BCUT2D eigenvalue weighted by Gasteiger charge is 2.30. The Hall–Kier alpha value is -2.35. The van der Waals surface area contributed by atoms with Crippen LogP contribution >= 0.6 is 0 Å². The van der Waals surface area contributed by atoms with Crippen LogP contribution in [0.2, 0.25) is 0 Å². The molecule has 2 fully saturated rings. The van der Waals surface area contributed by atoms with E-state index in [4.69, 9.17) is 13.6 Å². The molecule has 0 aliphatic carbocycles. The van der Waals surface area contributed by atoms with Gasteiger partial charge in [-0.2, -0.15) is 14.6 Å². The lowest BCUT2D eigenvalue weighted by molar-refractivity contribution is 0.120. The van der Waals surface area contributed by atoms with E-state index in [-0.39, 0.29) is 40.0 Å². The van der Waals surface area contributed by atoms with Gasteiger partial charge in [0.25, 0.3) is 5.89 Å². The van der Waals surface area contributed by atoms with Crippen LogP contribution in [0.15, 0.2) is 19.8 Å². The monoisotopic (exact) mass is 434 g/mol. The van der Waals surface area contributed by atoms with E-state index in [2.05, 4.69) is 10.3 Å². The fraction of sp³-hybridized carbons (Fsp3) is 0.600. The standard InChI is InChI=1S/C20H26N4O5S/c1-14-18(30(25,26)24-8-4-2-3-5-9-24)11-17(28-14)20-23-16(12-21)19(29-20)22-13-15-7-6-10-27-15/h11,15,22H,2-10,13H2,1H3/t15-/m0/s1. The molecular weight excluding hydrogens is 408 g/mol. The summed E-state index contributed by atoms with van der Waals surface area (Å²) < 4.78 is 44.7. The number of ether oxygens (including phenoxy) is 1. The van der Waals surface area contributed by atoms with E-state index in [1.807, 2.05) is 6.07 Å². The first-order valence-corrected chi connectivity index (χ1v) is 11.8. The molecule has 0 aromatic carbocycles. The maximum atomic E-state index is 13.1. The van der Waals surface area contributed by atoms with E-state index in [0.717, 1.165) is 45.1 Å². The molecule has 2 aliphatic rings. The number of oxazole rings is 1. The van der Waals surface area contributed by atoms with E-state index in [9.17, 15) is 13.7 Å². The molecule has 2 aromatic heterocycles. The Labute approximate surface area is 176 Å². The number of nitriles is 1. The van der Waals surface area contributed by atoms with Crippen LogP contribution in [0.3, 0.4) is 0 Å². The third kappa shape index (κ3) is 4.24. The van der Waals surface area contributed by atoms with Crippen LogP contribution in [0.25, 0.3) is 11.7 Å². The number of sulfonamides is 1. The number of anilines is 1. The van der Waals surface area contributed by atoms with E-state index in [1.165, 1.54) is 10.4 Å². The van der Waals surface area contributed by atoms with E-state index in [1.54, 1.807) is 6.92 Å². The largest absolute Gasteiger partial charge is 0.455 e. The lowest BCUT2D eigenvalue weighted by Gasteiger charge is -2.19. The summed E-state index contributed by atoms with van der Waals surface area (Å²) in [6.07, 6.45) is 5.82. The van der Waals surface area contributed by atoms with Crippen LogP contribution < -0.4 is 5.32 Å². The predicted molar refractivity (Wildman–Crippen MR) is 108 cm³/mol. The molecule has 2 aromatic rings. The Morgan fingerprint density at radius 2 is 2.00 bits per heavy atom. The minimum atomic E-state index is -3.66. The highest BCUT2D eigenvalue weighted by molar-refractivity contribution is 7.89. The van der Waals surface area contributed by atoms with Gasteiger partial charge >= 0.3 is 0 Å². The molecule has 162 valence electrons. The quantitative estimate of drug-likeness (QED) is 0.735. The molecule has 2 aliphatic heterocycles. The van der Waals surface area contributed by atoms with Gasteiger partial charge in [-0.15, -0.1) is 0 Å². The van der Waals surface area contributed by atoms with Crippen molar-refractivity contribution in [3.05, 3.63) is 17.5 Å². The summed E-state index contributed by atoms with van der Waals surface area (Å²) in [5, 5.41) is 12.4. The minimum absolute atomic E-state index is 0.0707. The Kier molecular flexibility index (Phi) is 6.13. The van der Waals surface area contributed by atoms with Crippen molar-refractivity contribution in [3.63, 3.8) is 0 Å². The number of nitrogens with one attached hydrogen (secondary N) is 1. The first-order chi connectivity index (χ1) is 14.5. The SMILES string of the molecule is Cc1oc(-c2nc(C#N)c(NC[C@@H]3CCCO3)o2)cc1S(=O)(=O)N1CCCCCC1. The predicted octanol–water partition coefficient (Wildman–Crippen LogP) is 3.27. The number of aryl methyl sites for hydroxylation is 1. The molecule has 1 N–H and O–H groups in total. The normalized spacial score (nSPS) is 20.7. The summed E-state index contributed by atoms with van der Waals surface area (Å²) >= 11 is 0. The second-order valence-corrected chi connectivity index (χ2v) is 9.58. The van der Waals surface area contributed by atoms with Crippen molar-refractivity contribution < 1.29 is 22.0 Å². The zero-order chi connectivity index (χ0) is 21.1. The maximum absolute atomic E-state index is 13.1. The van der Waals surface area contributed by atoms with Crippen LogP contribution in [0.5, 0.6) is 0 Å². The summed E-state index contributed by atoms with van der Waals surface area (Å²) in [6.45, 7) is 3.88. The molecule has 9 nitrogen and oxygen atoms in total. The third-order valence-corrected chi connectivity index (χ3v) is 7.52. The van der Waals surface area contributed by atoms with Crippen LogP contribution in [0, 0.1) is 18.3 Å². The number of furan rings is 1. The average molecular weight is 435 g/mol. The highest BCUT2D eigenvalue weighted by atomic mass is 32.2. The van der Waals surface area contributed by atoms with Crippen molar-refractivity contribution in [2.24, 2.45) is 0 Å². The molecule has 0 radical (unpaired) electrons. The third-order valence-electron chi connectivity index (χ3n) is 5.51. The van der Waals surface area contributed by atoms with Gasteiger partial charge in [0.15, 0.2) is 5.76 Å². The Balaban J connectivity index is 1.57. The first kappa shape index (κ1) is 20.9. The van der Waals surface area contributed by atoms with Crippen molar-refractivity contribution in [3.8, 4) is 17.7 Å². The molecule has 0 bridgehead atoms. The number of hydrogen-bond donors (Lipinski definition) is 1. The van der Waals surface area contributed by atoms with E-state index >= 15 is 0 Å². The van der Waals surface area contributed by atoms with Gasteiger partial charge in [0.1, 0.15) is 16.7 Å². The lowest BCUT2D eigenvalue weighted by atomic mass is 10.2. The fourth-order valence-electron chi connectivity index (χ4n) is 3.88. The Morgan fingerprint density at radius 1 is 1.23 bits per heavy atom. The Bertz CT molecular complexity index is 1020. The van der Waals surface area contributed by atoms with Crippen molar-refractivity contribution in [1.29, 1.82) is 5.26 Å². The molecule has 4 heterocycles. The second-order valence-electron chi connectivity index (χ2n) is 7.67. The second kappa shape index (κ2) is 8.79. The lowest BCUT2D eigenvalue weighted by Crippen LogP contribution is -2.32. The van der Waals surface area contributed by atoms with Crippen molar-refractivity contribution in [1.82, 2.24) is 9.29 Å². The summed E-state index contributed by atoms with van der Waals surface area (Å²) in [7, 11) is -3.66. The van der Waals surface area contributed by atoms with Crippen LogP contribution in [-0.4, -0.2) is 50.1 Å². The smallest absolute Gasteiger partial charge is 0.266 e. The Morgan fingerprint density at radius 3 is 2.67 bits per heavy atom. The van der Waals surface area contributed by atoms with Crippen molar-refractivity contribution >= 4 is 15.9 Å². The molecule has 0 spiro atoms. The maximum Gasteiger partial charge on any atom is 0.266 e. The zero-order valence-corrected chi connectivity index (χ0v) is 17.8. The summed E-state index contributed by atoms with van der Waals surface area (Å²) in [5.41, 5.74) is 0.0916. The first-order valence-electron chi connectivity index (χ1n) is 10.4. The zero-order valence-electron chi connectivity index (χ0n) is 17.0. The van der Waals surface area contributed by atoms with Gasteiger partial charge < -0.3 is 18.9 Å². The average Bonchev–Trinajstić information content (AvgIpc) is 3.42. The molecular formula is C20H26N4O5S. The van der Waals surface area contributed by atoms with Crippen LogP contribution in [0.4, 0.5) is 5.88 Å². The van der Waals surface area contributed by atoms with E-state index < -0.39 is 10.0 Å². The van der Waals surface area contributed by atoms with Gasteiger partial charge in [0.2, 0.25) is 21.6 Å². The van der Waals surface area contributed by atoms with Gasteiger partial charge in [-0.3, -0.25) is 0 Å². The summed E-state index contributed by atoms with van der Waals surface area (Å²) in [4.78, 5) is 4.29. The molecule has 0 saturated carbocycles. The van der Waals surface area contributed by atoms with Gasteiger partial charge in [0, 0.05) is 32.3 Å². The molecule has 30 heavy (non-hydrogen) atoms. The molecule has 2 saturated heterocycles. The number of nitrogens with zero attached hydrogens (tertiary/aromatic N) is 3. The van der Waals surface area contributed by atoms with Crippen LogP contribution in [0.1, 0.15) is 50.0 Å². The molecule has 0 unspecified atom stereocenters. The number of hydrogen-bond acceptors (Lipinski definition) is 8. The van der Waals surface area contributed by atoms with Crippen LogP contribution in [-0.2, 0) is 14.8 Å². The van der Waals surface area contributed by atoms with Gasteiger partial charge in [-0.1, -0.05) is 12.8 Å². The minimum Gasteiger partial charge on any atom is -0.455 e. The highest BCUT2D eigenvalue weighted by Crippen LogP contribution is 2.32. The molecule has 10 heteroatoms. The molecule has 4 rings (SSSR count). The number of rotatable bonds is 6. The van der Waals surface area contributed by atoms with Crippen molar-refractivity contribution in [2.45, 2.75) is 56.4 Å². The molecule has 1 atom stereocenters. The fourth-order valence-corrected chi connectivity index (χ4v) is 5.56. The topological polar surface area (TPSA) is 122 Å². The van der Waals surface area contributed by atoms with E-state index in [0.29, 0.717) is 19.6 Å².